The number of hydrogen-bond donors (Lipinski definition) is 3. The normalized spacial score (nSPS) is 15.9. The largest absolute Gasteiger partial charge is 0.393 e. The Balaban J connectivity index is 0.00000300. The Morgan fingerprint density at radius 3 is 2.52 bits per heavy atom. The third-order valence-corrected chi connectivity index (χ3v) is 5.31. The zero-order chi connectivity index (χ0) is 19.9. The molecule has 3 rings (SSSR count). The number of aliphatic hydroxyl groups excluding tert-OH is 1. The van der Waals surface area contributed by atoms with Gasteiger partial charge in [0.1, 0.15) is 0 Å². The van der Waals surface area contributed by atoms with Crippen LogP contribution in [0.4, 0.5) is 5.69 Å². The summed E-state index contributed by atoms with van der Waals surface area (Å²) < 4.78 is 0. The average Bonchev–Trinajstić information content (AvgIpc) is 2.69. The van der Waals surface area contributed by atoms with Gasteiger partial charge in [-0.05, 0) is 47.6 Å². The lowest BCUT2D eigenvalue weighted by atomic mass is 10.0. The predicted octanol–water partition coefficient (Wildman–Crippen LogP) is 4.31. The van der Waals surface area contributed by atoms with Crippen molar-refractivity contribution in [2.45, 2.75) is 51.8 Å². The molecule has 1 aliphatic heterocycles. The van der Waals surface area contributed by atoms with Crippen molar-refractivity contribution in [3.8, 4) is 0 Å². The molecule has 1 heterocycles. The molecular formula is C23H33IN4O. The van der Waals surface area contributed by atoms with Crippen LogP contribution in [-0.4, -0.2) is 35.2 Å². The standard InChI is InChI=1S/C23H32N4O.HI/c1-17(2)18-8-5-9-21(14-18)26-23(24)25-15-19-6-3-4-7-20(19)16-27-12-10-22(28)11-13-27;/h3-9,14,17,22,28H,10-13,15-16H2,1-2H3,(H3,24,25,26);1H. The zero-order valence-electron chi connectivity index (χ0n) is 17.3. The summed E-state index contributed by atoms with van der Waals surface area (Å²) in [6.45, 7) is 7.67. The summed E-state index contributed by atoms with van der Waals surface area (Å²) in [6, 6.07) is 16.7. The second kappa shape index (κ2) is 11.5. The van der Waals surface area contributed by atoms with Gasteiger partial charge in [-0.25, -0.2) is 4.99 Å². The van der Waals surface area contributed by atoms with Crippen molar-refractivity contribution >= 4 is 35.6 Å². The molecule has 5 nitrogen and oxygen atoms in total. The van der Waals surface area contributed by atoms with Gasteiger partial charge in [0.05, 0.1) is 12.6 Å². The van der Waals surface area contributed by atoms with E-state index in [4.69, 9.17) is 5.73 Å². The molecule has 0 spiro atoms. The van der Waals surface area contributed by atoms with Gasteiger partial charge in [-0.3, -0.25) is 4.90 Å². The summed E-state index contributed by atoms with van der Waals surface area (Å²) in [5, 5.41) is 12.9. The van der Waals surface area contributed by atoms with Crippen molar-refractivity contribution in [1.29, 1.82) is 0 Å². The molecular weight excluding hydrogens is 475 g/mol. The SMILES string of the molecule is CC(C)c1cccc(NC(N)=NCc2ccccc2CN2CCC(O)CC2)c1.I. The van der Waals surface area contributed by atoms with E-state index in [0.717, 1.165) is 38.2 Å². The number of hydrogen-bond acceptors (Lipinski definition) is 3. The Bertz CT molecular complexity index is 801. The van der Waals surface area contributed by atoms with E-state index in [1.807, 2.05) is 18.2 Å². The highest BCUT2D eigenvalue weighted by atomic mass is 127. The lowest BCUT2D eigenvalue weighted by molar-refractivity contribution is 0.0791. The number of benzene rings is 2. The van der Waals surface area contributed by atoms with E-state index in [2.05, 4.69) is 59.4 Å². The molecule has 2 aromatic carbocycles. The highest BCUT2D eigenvalue weighted by molar-refractivity contribution is 14.0. The zero-order valence-corrected chi connectivity index (χ0v) is 19.7. The average molecular weight is 508 g/mol. The van der Waals surface area contributed by atoms with Gasteiger partial charge >= 0.3 is 0 Å². The Morgan fingerprint density at radius 1 is 1.14 bits per heavy atom. The summed E-state index contributed by atoms with van der Waals surface area (Å²) in [4.78, 5) is 6.95. The van der Waals surface area contributed by atoms with Crippen LogP contribution in [0.15, 0.2) is 53.5 Å². The van der Waals surface area contributed by atoms with E-state index in [9.17, 15) is 5.11 Å². The van der Waals surface area contributed by atoms with Crippen LogP contribution in [0.2, 0.25) is 0 Å². The van der Waals surface area contributed by atoms with Crippen molar-refractivity contribution in [3.63, 3.8) is 0 Å². The molecule has 6 heteroatoms. The number of halogens is 1. The topological polar surface area (TPSA) is 73.9 Å². The summed E-state index contributed by atoms with van der Waals surface area (Å²) in [5.74, 6) is 0.902. The molecule has 0 aromatic heterocycles. The summed E-state index contributed by atoms with van der Waals surface area (Å²) >= 11 is 0. The first-order valence-corrected chi connectivity index (χ1v) is 10.2. The fourth-order valence-corrected chi connectivity index (χ4v) is 3.52. The van der Waals surface area contributed by atoms with Crippen LogP contribution in [-0.2, 0) is 13.1 Å². The lowest BCUT2D eigenvalue weighted by Crippen LogP contribution is -2.35. The molecule has 0 atom stereocenters. The van der Waals surface area contributed by atoms with E-state index < -0.39 is 0 Å². The highest BCUT2D eigenvalue weighted by Gasteiger charge is 2.17. The van der Waals surface area contributed by atoms with Crippen LogP contribution in [0, 0.1) is 0 Å². The van der Waals surface area contributed by atoms with Gasteiger partial charge in [0.2, 0.25) is 0 Å². The molecule has 158 valence electrons. The van der Waals surface area contributed by atoms with Gasteiger partial charge < -0.3 is 16.2 Å². The summed E-state index contributed by atoms with van der Waals surface area (Å²) in [6.07, 6.45) is 1.57. The van der Waals surface area contributed by atoms with E-state index >= 15 is 0 Å². The van der Waals surface area contributed by atoms with Crippen molar-refractivity contribution in [2.24, 2.45) is 10.7 Å². The van der Waals surface area contributed by atoms with Gasteiger partial charge in [-0.2, -0.15) is 0 Å². The monoisotopic (exact) mass is 508 g/mol. The second-order valence-corrected chi connectivity index (χ2v) is 7.88. The fourth-order valence-electron chi connectivity index (χ4n) is 3.52. The molecule has 2 aromatic rings. The summed E-state index contributed by atoms with van der Waals surface area (Å²) in [7, 11) is 0. The number of nitrogens with zero attached hydrogens (tertiary/aromatic N) is 2. The maximum atomic E-state index is 9.70. The number of likely N-dealkylation sites (tertiary alicyclic amines) is 1. The molecule has 29 heavy (non-hydrogen) atoms. The second-order valence-electron chi connectivity index (χ2n) is 7.88. The lowest BCUT2D eigenvalue weighted by Gasteiger charge is -2.30. The molecule has 0 saturated carbocycles. The van der Waals surface area contributed by atoms with E-state index in [1.54, 1.807) is 0 Å². The van der Waals surface area contributed by atoms with Gasteiger partial charge in [0.15, 0.2) is 5.96 Å². The third kappa shape index (κ3) is 7.28. The summed E-state index contributed by atoms with van der Waals surface area (Å²) in [5.41, 5.74) is 10.8. The van der Waals surface area contributed by atoms with Crippen LogP contribution < -0.4 is 11.1 Å². The van der Waals surface area contributed by atoms with Gasteiger partial charge in [-0.15, -0.1) is 24.0 Å². The molecule has 0 bridgehead atoms. The highest BCUT2D eigenvalue weighted by Crippen LogP contribution is 2.19. The first-order chi connectivity index (χ1) is 13.5. The minimum atomic E-state index is -0.142. The van der Waals surface area contributed by atoms with E-state index in [1.165, 1.54) is 16.7 Å². The minimum absolute atomic E-state index is 0. The van der Waals surface area contributed by atoms with Gasteiger partial charge in [0, 0.05) is 25.3 Å². The number of aliphatic imine (C=N–C) groups is 1. The van der Waals surface area contributed by atoms with Crippen molar-refractivity contribution in [3.05, 3.63) is 65.2 Å². The maximum Gasteiger partial charge on any atom is 0.193 e. The molecule has 1 aliphatic rings. The molecule has 0 amide bonds. The van der Waals surface area contributed by atoms with Crippen LogP contribution in [0.1, 0.15) is 49.3 Å². The Morgan fingerprint density at radius 2 is 1.83 bits per heavy atom. The minimum Gasteiger partial charge on any atom is -0.393 e. The number of nitrogens with one attached hydrogen (secondary N) is 1. The Hall–Kier alpha value is -1.64. The molecule has 0 radical (unpaired) electrons. The fraction of sp³-hybridized carbons (Fsp3) is 0.435. The first kappa shape index (κ1) is 23.6. The quantitative estimate of drug-likeness (QED) is 0.309. The third-order valence-electron chi connectivity index (χ3n) is 5.31. The van der Waals surface area contributed by atoms with Crippen molar-refractivity contribution < 1.29 is 5.11 Å². The number of nitrogens with two attached hydrogens (primary N) is 1. The molecule has 1 saturated heterocycles. The van der Waals surface area contributed by atoms with Crippen molar-refractivity contribution in [1.82, 2.24) is 4.90 Å². The molecule has 0 aliphatic carbocycles. The van der Waals surface area contributed by atoms with Crippen LogP contribution in [0.3, 0.4) is 0 Å². The number of guanidine groups is 1. The van der Waals surface area contributed by atoms with Gasteiger partial charge in [0.25, 0.3) is 0 Å². The number of aliphatic hydroxyl groups is 1. The van der Waals surface area contributed by atoms with Crippen LogP contribution >= 0.6 is 24.0 Å². The van der Waals surface area contributed by atoms with Crippen molar-refractivity contribution in [2.75, 3.05) is 18.4 Å². The number of piperidine rings is 1. The van der Waals surface area contributed by atoms with Gasteiger partial charge in [-0.1, -0.05) is 50.2 Å². The Labute approximate surface area is 191 Å². The molecule has 0 unspecified atom stereocenters. The van der Waals surface area contributed by atoms with Crippen LogP contribution in [0.25, 0.3) is 0 Å². The Kier molecular flexibility index (Phi) is 9.39. The molecule has 1 fully saturated rings. The first-order valence-electron chi connectivity index (χ1n) is 10.2. The van der Waals surface area contributed by atoms with E-state index in [-0.39, 0.29) is 30.1 Å². The number of anilines is 1. The molecule has 4 N–H and O–H groups in total. The number of rotatable bonds is 6. The predicted molar refractivity (Wildman–Crippen MR) is 132 cm³/mol. The van der Waals surface area contributed by atoms with Crippen LogP contribution in [0.5, 0.6) is 0 Å². The van der Waals surface area contributed by atoms with E-state index in [0.29, 0.717) is 18.4 Å². The maximum absolute atomic E-state index is 9.70. The smallest absolute Gasteiger partial charge is 0.193 e.